The normalized spacial score (nSPS) is 21.9. The maximum absolute atomic E-state index is 12.6. The molecule has 1 aliphatic rings. The molecule has 106 valence electrons. The molecule has 3 rings (SSSR count). The van der Waals surface area contributed by atoms with Crippen LogP contribution in [0.3, 0.4) is 0 Å². The summed E-state index contributed by atoms with van der Waals surface area (Å²) in [7, 11) is 0.552. The minimum atomic E-state index is -3.37. The van der Waals surface area contributed by atoms with Crippen molar-refractivity contribution in [3.05, 3.63) is 36.4 Å². The van der Waals surface area contributed by atoms with Crippen molar-refractivity contribution < 1.29 is 8.42 Å². The number of benzene rings is 2. The zero-order valence-electron chi connectivity index (χ0n) is 11.9. The first-order chi connectivity index (χ1) is 9.43. The molecule has 5 heteroatoms. The van der Waals surface area contributed by atoms with E-state index < -0.39 is 10.0 Å². The zero-order valence-corrected chi connectivity index (χ0v) is 12.7. The summed E-state index contributed by atoms with van der Waals surface area (Å²) >= 11 is 0. The van der Waals surface area contributed by atoms with E-state index in [4.69, 9.17) is 0 Å². The number of hydrogen-bond donors (Lipinski definition) is 0. The van der Waals surface area contributed by atoms with Gasteiger partial charge in [0.15, 0.2) is 0 Å². The van der Waals surface area contributed by atoms with E-state index in [9.17, 15) is 8.42 Å². The van der Waals surface area contributed by atoms with Crippen molar-refractivity contribution in [1.82, 2.24) is 4.31 Å². The summed E-state index contributed by atoms with van der Waals surface area (Å²) in [6.07, 6.45) is 0. The molecule has 1 aliphatic heterocycles. The Morgan fingerprint density at radius 2 is 1.70 bits per heavy atom. The molecule has 4 nitrogen and oxygen atoms in total. The van der Waals surface area contributed by atoms with Crippen molar-refractivity contribution in [1.29, 1.82) is 0 Å². The van der Waals surface area contributed by atoms with Gasteiger partial charge in [-0.05, 0) is 19.1 Å². The van der Waals surface area contributed by atoms with Crippen LogP contribution in [0.5, 0.6) is 0 Å². The first-order valence-electron chi connectivity index (χ1n) is 6.64. The quantitative estimate of drug-likeness (QED) is 0.814. The fraction of sp³-hybridized carbons (Fsp3) is 0.333. The molecule has 0 spiro atoms. The van der Waals surface area contributed by atoms with E-state index >= 15 is 0 Å². The molecule has 0 saturated carbocycles. The molecule has 0 bridgehead atoms. The second kappa shape index (κ2) is 4.46. The van der Waals surface area contributed by atoms with Gasteiger partial charge in [-0.1, -0.05) is 24.3 Å². The third-order valence-corrected chi connectivity index (χ3v) is 5.77. The summed E-state index contributed by atoms with van der Waals surface area (Å²) in [6, 6.07) is 11.4. The van der Waals surface area contributed by atoms with E-state index in [1.807, 2.05) is 56.3 Å². The van der Waals surface area contributed by atoms with Crippen LogP contribution in [-0.2, 0) is 10.0 Å². The second-order valence-electron chi connectivity index (χ2n) is 5.45. The number of hydrogen-bond acceptors (Lipinski definition) is 3. The van der Waals surface area contributed by atoms with E-state index in [0.717, 1.165) is 16.5 Å². The van der Waals surface area contributed by atoms with E-state index in [1.165, 1.54) is 4.31 Å². The van der Waals surface area contributed by atoms with Crippen LogP contribution in [0.15, 0.2) is 41.3 Å². The number of anilines is 1. The Bertz CT molecular complexity index is 769. The van der Waals surface area contributed by atoms with Crippen LogP contribution in [0, 0.1) is 0 Å². The molecule has 0 radical (unpaired) electrons. The first-order valence-corrected chi connectivity index (χ1v) is 8.08. The standard InChI is InChI=1S/C15H18N2O2S/c1-11-10-17(11)20(18,19)15-9-5-6-12-13(15)7-4-8-14(12)16(2)3/h4-9,11H,10H2,1-3H3. The third kappa shape index (κ3) is 1.98. The molecule has 0 amide bonds. The van der Waals surface area contributed by atoms with Gasteiger partial charge in [-0.15, -0.1) is 0 Å². The third-order valence-electron chi connectivity index (χ3n) is 3.73. The average Bonchev–Trinajstić information content (AvgIpc) is 3.15. The van der Waals surface area contributed by atoms with Gasteiger partial charge in [-0.3, -0.25) is 0 Å². The Hall–Kier alpha value is -1.59. The Morgan fingerprint density at radius 1 is 1.10 bits per heavy atom. The molecule has 0 aromatic heterocycles. The molecule has 2 unspecified atom stereocenters. The fourth-order valence-electron chi connectivity index (χ4n) is 2.55. The summed E-state index contributed by atoms with van der Waals surface area (Å²) in [4.78, 5) is 2.40. The van der Waals surface area contributed by atoms with E-state index in [0.29, 0.717) is 11.4 Å². The highest BCUT2D eigenvalue weighted by atomic mass is 32.2. The van der Waals surface area contributed by atoms with Crippen LogP contribution in [0.25, 0.3) is 10.8 Å². The molecule has 2 aromatic rings. The molecule has 1 heterocycles. The molecule has 2 aromatic carbocycles. The summed E-state index contributed by atoms with van der Waals surface area (Å²) in [5.41, 5.74) is 1.03. The Labute approximate surface area is 119 Å². The minimum Gasteiger partial charge on any atom is -0.377 e. The lowest BCUT2D eigenvalue weighted by Crippen LogP contribution is -2.14. The van der Waals surface area contributed by atoms with Gasteiger partial charge in [0.25, 0.3) is 0 Å². The molecular formula is C15H18N2O2S. The SMILES string of the molecule is CC1CN1S(=O)(=O)c1cccc2c(N(C)C)cccc12. The minimum absolute atomic E-state index is 0.118. The Morgan fingerprint density at radius 3 is 2.30 bits per heavy atom. The van der Waals surface area contributed by atoms with E-state index in [2.05, 4.69) is 0 Å². The van der Waals surface area contributed by atoms with Crippen LogP contribution in [-0.4, -0.2) is 39.4 Å². The van der Waals surface area contributed by atoms with Crippen molar-refractivity contribution in [3.63, 3.8) is 0 Å². The fourth-order valence-corrected chi connectivity index (χ4v) is 4.40. The second-order valence-corrected chi connectivity index (χ2v) is 7.31. The summed E-state index contributed by atoms with van der Waals surface area (Å²) < 4.78 is 26.8. The van der Waals surface area contributed by atoms with Gasteiger partial charge in [0, 0.05) is 43.1 Å². The number of nitrogens with zero attached hydrogens (tertiary/aromatic N) is 2. The molecule has 0 aliphatic carbocycles. The van der Waals surface area contributed by atoms with Crippen molar-refractivity contribution in [2.45, 2.75) is 17.9 Å². The van der Waals surface area contributed by atoms with Gasteiger partial charge in [0.2, 0.25) is 10.0 Å². The highest BCUT2D eigenvalue weighted by molar-refractivity contribution is 7.89. The largest absolute Gasteiger partial charge is 0.377 e. The van der Waals surface area contributed by atoms with Gasteiger partial charge in [0.1, 0.15) is 0 Å². The van der Waals surface area contributed by atoms with Crippen LogP contribution >= 0.6 is 0 Å². The number of sulfonamides is 1. The van der Waals surface area contributed by atoms with Crippen LogP contribution in [0.1, 0.15) is 6.92 Å². The smallest absolute Gasteiger partial charge is 0.244 e. The monoisotopic (exact) mass is 290 g/mol. The van der Waals surface area contributed by atoms with Gasteiger partial charge in [-0.2, -0.15) is 4.31 Å². The van der Waals surface area contributed by atoms with Crippen LogP contribution < -0.4 is 4.90 Å². The summed E-state index contributed by atoms with van der Waals surface area (Å²) in [6.45, 7) is 2.54. The lowest BCUT2D eigenvalue weighted by atomic mass is 10.1. The topological polar surface area (TPSA) is 40.4 Å². The maximum Gasteiger partial charge on any atom is 0.244 e. The molecule has 1 saturated heterocycles. The summed E-state index contributed by atoms with van der Waals surface area (Å²) in [5, 5.41) is 1.76. The molecule has 20 heavy (non-hydrogen) atoms. The van der Waals surface area contributed by atoms with Gasteiger partial charge in [0.05, 0.1) is 4.90 Å². The van der Waals surface area contributed by atoms with Crippen molar-refractivity contribution in [3.8, 4) is 0 Å². The first kappa shape index (κ1) is 13.4. The maximum atomic E-state index is 12.6. The molecule has 1 fully saturated rings. The summed E-state index contributed by atoms with van der Waals surface area (Å²) in [5.74, 6) is 0. The van der Waals surface area contributed by atoms with Crippen LogP contribution in [0.2, 0.25) is 0 Å². The zero-order chi connectivity index (χ0) is 14.5. The predicted octanol–water partition coefficient (Wildman–Crippen LogP) is 2.30. The number of rotatable bonds is 3. The molecule has 0 N–H and O–H groups in total. The Balaban J connectivity index is 2.26. The van der Waals surface area contributed by atoms with Crippen molar-refractivity contribution in [2.75, 3.05) is 25.5 Å². The lowest BCUT2D eigenvalue weighted by Gasteiger charge is -2.17. The highest BCUT2D eigenvalue weighted by Crippen LogP contribution is 2.34. The van der Waals surface area contributed by atoms with E-state index in [1.54, 1.807) is 6.07 Å². The molecule has 2 atom stereocenters. The average molecular weight is 290 g/mol. The van der Waals surface area contributed by atoms with Crippen molar-refractivity contribution >= 4 is 26.5 Å². The van der Waals surface area contributed by atoms with Crippen molar-refractivity contribution in [2.24, 2.45) is 0 Å². The van der Waals surface area contributed by atoms with Gasteiger partial charge in [-0.25, -0.2) is 8.42 Å². The van der Waals surface area contributed by atoms with E-state index in [-0.39, 0.29) is 6.04 Å². The predicted molar refractivity (Wildman–Crippen MR) is 81.6 cm³/mol. The molecular weight excluding hydrogens is 272 g/mol. The number of fused-ring (bicyclic) bond motifs is 1. The lowest BCUT2D eigenvalue weighted by molar-refractivity contribution is 0.556. The van der Waals surface area contributed by atoms with Crippen LogP contribution in [0.4, 0.5) is 5.69 Å². The van der Waals surface area contributed by atoms with Gasteiger partial charge < -0.3 is 4.90 Å². The highest BCUT2D eigenvalue weighted by Gasteiger charge is 2.41. The van der Waals surface area contributed by atoms with Gasteiger partial charge >= 0.3 is 0 Å². The Kier molecular flexibility index (Phi) is 2.99.